The van der Waals surface area contributed by atoms with Gasteiger partial charge >= 0.3 is 5.97 Å². The molecule has 0 spiro atoms. The minimum absolute atomic E-state index is 0.00478. The number of phenols is 1. The van der Waals surface area contributed by atoms with E-state index in [1.165, 1.54) is 24.2 Å². The number of aliphatic carboxylic acids is 1. The van der Waals surface area contributed by atoms with Crippen LogP contribution in [0.2, 0.25) is 0 Å². The molecule has 0 unspecified atom stereocenters. The lowest BCUT2D eigenvalue weighted by Crippen LogP contribution is -2.48. The van der Waals surface area contributed by atoms with Crippen molar-refractivity contribution in [2.75, 3.05) is 0 Å². The van der Waals surface area contributed by atoms with Crippen molar-refractivity contribution >= 4 is 23.9 Å². The van der Waals surface area contributed by atoms with E-state index in [0.717, 1.165) is 47.6 Å². The molecular formula is C34H31NO5. The third kappa shape index (κ3) is 4.05. The molecule has 0 aromatic heterocycles. The minimum Gasteiger partial charge on any atom is -0.507 e. The summed E-state index contributed by atoms with van der Waals surface area (Å²) in [5, 5.41) is 20.8. The fourth-order valence-electron chi connectivity index (χ4n) is 8.33. The first kappa shape index (κ1) is 24.8. The number of hydrogen-bond acceptors (Lipinski definition) is 4. The maximum Gasteiger partial charge on any atom is 0.328 e. The number of amides is 2. The number of benzene rings is 3. The second-order valence-corrected chi connectivity index (χ2v) is 12.3. The zero-order valence-electron chi connectivity index (χ0n) is 22.2. The summed E-state index contributed by atoms with van der Waals surface area (Å²) in [4.78, 5) is 38.6. The summed E-state index contributed by atoms with van der Waals surface area (Å²) >= 11 is 0. The van der Waals surface area contributed by atoms with Crippen LogP contribution < -0.4 is 0 Å². The van der Waals surface area contributed by atoms with Gasteiger partial charge in [-0.1, -0.05) is 36.4 Å². The molecule has 6 nitrogen and oxygen atoms in total. The molecule has 0 saturated heterocycles. The average molecular weight is 534 g/mol. The van der Waals surface area contributed by atoms with Crippen LogP contribution in [0.4, 0.5) is 0 Å². The second kappa shape index (κ2) is 9.19. The summed E-state index contributed by atoms with van der Waals surface area (Å²) in [5.41, 5.74) is 4.86. The fourth-order valence-corrected chi connectivity index (χ4v) is 8.33. The minimum atomic E-state index is -0.999. The lowest BCUT2D eigenvalue weighted by molar-refractivity contribution is -0.131. The summed E-state index contributed by atoms with van der Waals surface area (Å²) in [6, 6.07) is 18.5. The first-order valence-corrected chi connectivity index (χ1v) is 14.1. The van der Waals surface area contributed by atoms with Crippen LogP contribution in [0, 0.1) is 17.8 Å². The van der Waals surface area contributed by atoms with Gasteiger partial charge in [-0.05, 0) is 109 Å². The third-order valence-electron chi connectivity index (χ3n) is 9.67. The molecular weight excluding hydrogens is 502 g/mol. The quantitative estimate of drug-likeness (QED) is 0.282. The molecule has 5 aliphatic rings. The molecule has 3 aromatic rings. The summed E-state index contributed by atoms with van der Waals surface area (Å²) in [5.74, 6) is 0.606. The fraction of sp³-hybridized carbons (Fsp3) is 0.324. The van der Waals surface area contributed by atoms with Gasteiger partial charge < -0.3 is 10.2 Å². The molecule has 40 heavy (non-hydrogen) atoms. The molecule has 1 heterocycles. The molecule has 4 saturated carbocycles. The summed E-state index contributed by atoms with van der Waals surface area (Å²) in [6.07, 6.45) is 9.73. The Labute approximate surface area is 233 Å². The van der Waals surface area contributed by atoms with Crippen LogP contribution in [0.5, 0.6) is 5.75 Å². The standard InChI is InChI=1S/C34H31NO5/c36-30(37)10-7-20-5-8-24(9-6-20)25-14-26(19-35-32(39)27-3-1-2-4-28(27)33(35)40)31(38)29(15-25)34-16-21-11-22(17-34)13-23(12-21)18-34/h1-10,14-15,21-23,38H,11-13,16-19H2,(H,36,37)/b10-7+. The van der Waals surface area contributed by atoms with Crippen LogP contribution in [-0.2, 0) is 16.8 Å². The topological polar surface area (TPSA) is 94.9 Å². The van der Waals surface area contributed by atoms with Gasteiger partial charge in [0.15, 0.2) is 0 Å². The number of phenolic OH excluding ortho intramolecular Hbond substituents is 1. The number of hydrogen-bond donors (Lipinski definition) is 2. The second-order valence-electron chi connectivity index (χ2n) is 12.3. The lowest BCUT2D eigenvalue weighted by atomic mass is 9.48. The van der Waals surface area contributed by atoms with Crippen molar-refractivity contribution in [1.82, 2.24) is 4.90 Å². The van der Waals surface area contributed by atoms with Gasteiger partial charge in [-0.15, -0.1) is 0 Å². The number of imide groups is 1. The molecule has 6 heteroatoms. The molecule has 0 radical (unpaired) electrons. The van der Waals surface area contributed by atoms with E-state index in [1.807, 2.05) is 30.3 Å². The lowest BCUT2D eigenvalue weighted by Gasteiger charge is -2.57. The molecule has 4 aliphatic carbocycles. The Bertz CT molecular complexity index is 1510. The largest absolute Gasteiger partial charge is 0.507 e. The normalized spacial score (nSPS) is 26.6. The highest BCUT2D eigenvalue weighted by molar-refractivity contribution is 6.21. The maximum absolute atomic E-state index is 13.2. The Kier molecular flexibility index (Phi) is 5.70. The van der Waals surface area contributed by atoms with Gasteiger partial charge in [-0.2, -0.15) is 0 Å². The van der Waals surface area contributed by atoms with Crippen molar-refractivity contribution in [2.24, 2.45) is 17.8 Å². The molecule has 202 valence electrons. The predicted molar refractivity (Wildman–Crippen MR) is 151 cm³/mol. The van der Waals surface area contributed by atoms with E-state index in [0.29, 0.717) is 34.4 Å². The van der Waals surface area contributed by atoms with Gasteiger partial charge in [-0.25, -0.2) is 4.79 Å². The van der Waals surface area contributed by atoms with E-state index < -0.39 is 5.97 Å². The van der Waals surface area contributed by atoms with Crippen LogP contribution in [0.15, 0.2) is 66.7 Å². The van der Waals surface area contributed by atoms with Crippen molar-refractivity contribution in [3.8, 4) is 16.9 Å². The average Bonchev–Trinajstić information content (AvgIpc) is 3.17. The van der Waals surface area contributed by atoms with Gasteiger partial charge in [-0.3, -0.25) is 14.5 Å². The smallest absolute Gasteiger partial charge is 0.328 e. The Morgan fingerprint density at radius 3 is 1.98 bits per heavy atom. The molecule has 8 rings (SSSR count). The van der Waals surface area contributed by atoms with Gasteiger partial charge in [0, 0.05) is 17.2 Å². The number of fused-ring (bicyclic) bond motifs is 1. The first-order valence-electron chi connectivity index (χ1n) is 14.1. The number of aromatic hydroxyl groups is 1. The van der Waals surface area contributed by atoms with Crippen molar-refractivity contribution in [2.45, 2.75) is 50.5 Å². The van der Waals surface area contributed by atoms with Crippen molar-refractivity contribution in [3.05, 3.63) is 94.6 Å². The van der Waals surface area contributed by atoms with E-state index in [9.17, 15) is 19.5 Å². The Morgan fingerprint density at radius 1 is 0.850 bits per heavy atom. The number of nitrogens with zero attached hydrogens (tertiary/aromatic N) is 1. The van der Waals surface area contributed by atoms with Crippen LogP contribution in [0.1, 0.15) is 75.9 Å². The van der Waals surface area contributed by atoms with Crippen LogP contribution in [0.25, 0.3) is 17.2 Å². The number of carbonyl (C=O) groups is 3. The highest BCUT2D eigenvalue weighted by Crippen LogP contribution is 2.62. The zero-order chi connectivity index (χ0) is 27.6. The molecule has 3 aromatic carbocycles. The summed E-state index contributed by atoms with van der Waals surface area (Å²) in [7, 11) is 0. The van der Waals surface area contributed by atoms with Crippen LogP contribution >= 0.6 is 0 Å². The van der Waals surface area contributed by atoms with E-state index >= 15 is 0 Å². The summed E-state index contributed by atoms with van der Waals surface area (Å²) < 4.78 is 0. The van der Waals surface area contributed by atoms with E-state index in [-0.39, 0.29) is 29.5 Å². The maximum atomic E-state index is 13.2. The number of carbonyl (C=O) groups excluding carboxylic acids is 2. The van der Waals surface area contributed by atoms with Crippen molar-refractivity contribution in [1.29, 1.82) is 0 Å². The van der Waals surface area contributed by atoms with E-state index in [2.05, 4.69) is 6.07 Å². The zero-order valence-corrected chi connectivity index (χ0v) is 22.2. The van der Waals surface area contributed by atoms with Crippen molar-refractivity contribution in [3.63, 3.8) is 0 Å². The highest BCUT2D eigenvalue weighted by Gasteiger charge is 2.52. The van der Waals surface area contributed by atoms with Crippen LogP contribution in [0.3, 0.4) is 0 Å². The molecule has 2 amide bonds. The van der Waals surface area contributed by atoms with Gasteiger partial charge in [0.1, 0.15) is 5.75 Å². The monoisotopic (exact) mass is 533 g/mol. The summed E-state index contributed by atoms with van der Waals surface area (Å²) in [6.45, 7) is 0.00478. The number of rotatable bonds is 6. The van der Waals surface area contributed by atoms with Gasteiger partial charge in [0.25, 0.3) is 11.8 Å². The molecule has 4 fully saturated rings. The van der Waals surface area contributed by atoms with Crippen molar-refractivity contribution < 1.29 is 24.6 Å². The Balaban J connectivity index is 1.31. The first-order chi connectivity index (χ1) is 19.3. The van der Waals surface area contributed by atoms with E-state index in [4.69, 9.17) is 5.11 Å². The van der Waals surface area contributed by atoms with E-state index in [1.54, 1.807) is 30.3 Å². The van der Waals surface area contributed by atoms with Gasteiger partial charge in [0.05, 0.1) is 17.7 Å². The highest BCUT2D eigenvalue weighted by atomic mass is 16.4. The molecule has 4 bridgehead atoms. The van der Waals surface area contributed by atoms with Crippen LogP contribution in [-0.4, -0.2) is 32.9 Å². The van der Waals surface area contributed by atoms with Gasteiger partial charge in [0.2, 0.25) is 0 Å². The third-order valence-corrected chi connectivity index (χ3v) is 9.67. The molecule has 2 N–H and O–H groups in total. The Morgan fingerprint density at radius 2 is 1.43 bits per heavy atom. The Hall–Kier alpha value is -4.19. The molecule has 0 atom stereocenters. The molecule has 1 aliphatic heterocycles. The number of carboxylic acid groups (broad SMARTS) is 1. The predicted octanol–water partition coefficient (Wildman–Crippen LogP) is 6.42. The SMILES string of the molecule is O=C(O)/C=C/c1ccc(-c2cc(CN3C(=O)c4ccccc4C3=O)c(O)c(C34CC5CC(CC(C5)C3)C4)c2)cc1. The number of carboxylic acids is 1.